The third kappa shape index (κ3) is 5.41. The quantitative estimate of drug-likeness (QED) is 0.143. The van der Waals surface area contributed by atoms with Gasteiger partial charge in [-0.05, 0) is 31.9 Å². The Morgan fingerprint density at radius 1 is 0.318 bits per heavy atom. The zero-order chi connectivity index (χ0) is 30.8. The molecule has 0 aliphatic heterocycles. The summed E-state index contributed by atoms with van der Waals surface area (Å²) in [5, 5.41) is 10.4. The van der Waals surface area contributed by atoms with Crippen molar-refractivity contribution in [2.45, 2.75) is 32.7 Å². The summed E-state index contributed by atoms with van der Waals surface area (Å²) >= 11 is 0. The van der Waals surface area contributed by atoms with Gasteiger partial charge in [-0.3, -0.25) is 0 Å². The fourth-order valence-electron chi connectivity index (χ4n) is 6.86. The second-order valence-corrected chi connectivity index (χ2v) is 25.9. The molecule has 44 heavy (non-hydrogen) atoms. The van der Waals surface area contributed by atoms with Gasteiger partial charge in [0.2, 0.25) is 0 Å². The summed E-state index contributed by atoms with van der Waals surface area (Å²) in [5.41, 5.74) is 2.78. The van der Waals surface area contributed by atoms with Gasteiger partial charge in [-0.15, -0.1) is 0 Å². The second kappa shape index (κ2) is 12.2. The highest BCUT2D eigenvalue weighted by molar-refractivity contribution is 7.12. The molecule has 0 N–H and O–H groups in total. The lowest BCUT2D eigenvalue weighted by Crippen LogP contribution is -2.69. The van der Waals surface area contributed by atoms with Gasteiger partial charge in [0, 0.05) is 0 Å². The van der Waals surface area contributed by atoms with E-state index in [1.807, 2.05) is 0 Å². The largest absolute Gasteiger partial charge is 0.146 e. The van der Waals surface area contributed by atoms with Crippen LogP contribution in [-0.4, -0.2) is 24.2 Å². The molecule has 0 radical (unpaired) electrons. The molecule has 6 aromatic carbocycles. The topological polar surface area (TPSA) is 0 Å². The van der Waals surface area contributed by atoms with Crippen molar-refractivity contribution < 1.29 is 0 Å². The number of hydrogen-bond acceptors (Lipinski definition) is 0. The molecule has 0 heterocycles. The van der Waals surface area contributed by atoms with Gasteiger partial charge in [0.25, 0.3) is 0 Å². The minimum atomic E-state index is -2.48. The Bertz CT molecular complexity index is 1790. The molecule has 0 fully saturated rings. The highest BCUT2D eigenvalue weighted by atomic mass is 28.3. The minimum absolute atomic E-state index is 1.32. The van der Waals surface area contributed by atoms with Gasteiger partial charge in [0.15, 0.2) is 0 Å². The lowest BCUT2D eigenvalue weighted by atomic mass is 10.1. The molecular weight excluding hydrogens is 577 g/mol. The summed E-state index contributed by atoms with van der Waals surface area (Å²) in [6.07, 6.45) is 0. The Balaban J connectivity index is 1.79. The molecule has 0 aromatic heterocycles. The smallest absolute Gasteiger partial charge is 0.0626 e. The summed E-state index contributed by atoms with van der Waals surface area (Å²) in [6, 6.07) is 61.8. The van der Waals surface area contributed by atoms with Crippen LogP contribution in [0.5, 0.6) is 0 Å². The summed E-state index contributed by atoms with van der Waals surface area (Å²) in [4.78, 5) is 0. The third-order valence-corrected chi connectivity index (χ3v) is 21.3. The van der Waals surface area contributed by atoms with Crippen molar-refractivity contribution in [1.29, 1.82) is 0 Å². The van der Waals surface area contributed by atoms with Crippen molar-refractivity contribution >= 4 is 60.5 Å². The maximum Gasteiger partial charge on any atom is 0.146 e. The van der Waals surface area contributed by atoms with Gasteiger partial charge in [0.1, 0.15) is 24.2 Å². The van der Waals surface area contributed by atoms with Gasteiger partial charge < -0.3 is 0 Å². The lowest BCUT2D eigenvalue weighted by molar-refractivity contribution is 1.62. The molecule has 0 spiro atoms. The zero-order valence-electron chi connectivity index (χ0n) is 26.6. The molecule has 0 aliphatic rings. The lowest BCUT2D eigenvalue weighted by Gasteiger charge is -2.38. The van der Waals surface area contributed by atoms with Gasteiger partial charge in [0.05, 0.1) is 0 Å². The van der Waals surface area contributed by atoms with E-state index in [1.54, 1.807) is 5.19 Å². The van der Waals surface area contributed by atoms with E-state index in [4.69, 9.17) is 0 Å². The monoisotopic (exact) mass is 618 g/mol. The van der Waals surface area contributed by atoms with E-state index >= 15 is 0 Å². The molecule has 0 saturated carbocycles. The molecule has 0 aliphatic carbocycles. The van der Waals surface area contributed by atoms with Crippen molar-refractivity contribution in [3.63, 3.8) is 0 Å². The van der Waals surface area contributed by atoms with Gasteiger partial charge in [-0.1, -0.05) is 212 Å². The van der Waals surface area contributed by atoms with Crippen LogP contribution in [0.25, 0.3) is 11.1 Å². The van der Waals surface area contributed by atoms with Crippen molar-refractivity contribution in [3.8, 4) is 11.1 Å². The molecule has 6 aromatic rings. The fourth-order valence-corrected chi connectivity index (χ4v) is 16.3. The van der Waals surface area contributed by atoms with Gasteiger partial charge in [-0.25, -0.2) is 0 Å². The van der Waals surface area contributed by atoms with Crippen LogP contribution < -0.4 is 36.3 Å². The molecule has 6 rings (SSSR count). The first-order valence-electron chi connectivity index (χ1n) is 15.7. The summed E-state index contributed by atoms with van der Waals surface area (Å²) in [7, 11) is -6.70. The average Bonchev–Trinajstić information content (AvgIpc) is 3.09. The first-order chi connectivity index (χ1) is 21.2. The number of rotatable bonds is 8. The minimum Gasteiger partial charge on any atom is -0.0626 e. The van der Waals surface area contributed by atoms with Crippen molar-refractivity contribution in [2.24, 2.45) is 0 Å². The van der Waals surface area contributed by atoms with E-state index in [9.17, 15) is 0 Å². The van der Waals surface area contributed by atoms with Crippen molar-refractivity contribution in [3.05, 3.63) is 164 Å². The maximum atomic E-state index is 2.66. The van der Waals surface area contributed by atoms with Gasteiger partial charge >= 0.3 is 0 Å². The van der Waals surface area contributed by atoms with E-state index in [2.05, 4.69) is 197 Å². The summed E-state index contributed by atoms with van der Waals surface area (Å²) in [5.74, 6) is 0. The standard InChI is InChI=1S/C41H42Si3/c1-42(2,34-23-13-7-14-24-34)38-31-39(43(3,4)35-25-15-8-16-26-35)41(33-21-11-6-12-22-33)40(32-38)44(5,36-27-17-9-18-28-36)37-29-19-10-20-30-37/h6-32H,1-5H3. The van der Waals surface area contributed by atoms with E-state index in [-0.39, 0.29) is 0 Å². The van der Waals surface area contributed by atoms with Crippen LogP contribution >= 0.6 is 0 Å². The first kappa shape index (κ1) is 30.0. The van der Waals surface area contributed by atoms with Crippen molar-refractivity contribution in [1.82, 2.24) is 0 Å². The Morgan fingerprint density at radius 3 is 1.09 bits per heavy atom. The molecule has 218 valence electrons. The fraction of sp³-hybridized carbons (Fsp3) is 0.122. The van der Waals surface area contributed by atoms with Crippen LogP contribution in [0.15, 0.2) is 164 Å². The Hall–Kier alpha value is -4.03. The van der Waals surface area contributed by atoms with E-state index < -0.39 is 24.2 Å². The van der Waals surface area contributed by atoms with Crippen LogP contribution in [0.3, 0.4) is 0 Å². The molecule has 0 unspecified atom stereocenters. The predicted molar refractivity (Wildman–Crippen MR) is 202 cm³/mol. The maximum absolute atomic E-state index is 2.66. The van der Waals surface area contributed by atoms with Crippen LogP contribution in [0.4, 0.5) is 0 Å². The van der Waals surface area contributed by atoms with E-state index in [1.165, 1.54) is 42.2 Å². The summed E-state index contributed by atoms with van der Waals surface area (Å²) in [6.45, 7) is 12.8. The SMILES string of the molecule is C[Si](C)(c1ccccc1)c1cc([Si](C)(C)c2ccccc2)c(-c2ccccc2)c([Si](C)(c2ccccc2)c2ccccc2)c1. The Morgan fingerprint density at radius 2 is 0.659 bits per heavy atom. The Kier molecular flexibility index (Phi) is 8.30. The van der Waals surface area contributed by atoms with Crippen LogP contribution in [0.1, 0.15) is 0 Å². The number of benzene rings is 6. The molecule has 0 atom stereocenters. The zero-order valence-corrected chi connectivity index (χ0v) is 29.6. The molecule has 0 saturated heterocycles. The highest BCUT2D eigenvalue weighted by Crippen LogP contribution is 2.23. The highest BCUT2D eigenvalue weighted by Gasteiger charge is 2.41. The van der Waals surface area contributed by atoms with Crippen molar-refractivity contribution in [2.75, 3.05) is 0 Å². The van der Waals surface area contributed by atoms with Crippen LogP contribution in [0, 0.1) is 0 Å². The molecule has 0 nitrogen and oxygen atoms in total. The van der Waals surface area contributed by atoms with Gasteiger partial charge in [-0.2, -0.15) is 0 Å². The number of hydrogen-bond donors (Lipinski definition) is 0. The molecule has 3 heteroatoms. The third-order valence-electron chi connectivity index (χ3n) is 9.83. The average molecular weight is 619 g/mol. The second-order valence-electron chi connectivity index (χ2n) is 13.2. The molecule has 0 bridgehead atoms. The first-order valence-corrected chi connectivity index (χ1v) is 24.2. The normalized spacial score (nSPS) is 12.2. The summed E-state index contributed by atoms with van der Waals surface area (Å²) < 4.78 is 0. The predicted octanol–water partition coefficient (Wildman–Crippen LogP) is 6.10. The van der Waals surface area contributed by atoms with E-state index in [0.717, 1.165) is 0 Å². The van der Waals surface area contributed by atoms with E-state index in [0.29, 0.717) is 0 Å². The Labute approximate surface area is 267 Å². The van der Waals surface area contributed by atoms with Crippen LogP contribution in [0.2, 0.25) is 32.7 Å². The molecular formula is C41H42Si3. The van der Waals surface area contributed by atoms with Crippen LogP contribution in [-0.2, 0) is 0 Å². The molecule has 0 amide bonds.